The quantitative estimate of drug-likeness (QED) is 0.754. The number of fused-ring (bicyclic) bond motifs is 1. The topological polar surface area (TPSA) is 63.4 Å². The van der Waals surface area contributed by atoms with Crippen molar-refractivity contribution in [3.05, 3.63) is 6.42 Å². The Morgan fingerprint density at radius 3 is 2.82 bits per heavy atom. The van der Waals surface area contributed by atoms with Crippen molar-refractivity contribution >= 4 is 23.6 Å². The number of nitrogens with zero attached hydrogens (tertiary/aromatic N) is 1. The molecule has 2 N–H and O–H groups in total. The van der Waals surface area contributed by atoms with Gasteiger partial charge in [0.05, 0.1) is 6.42 Å². The molecule has 0 spiro atoms. The van der Waals surface area contributed by atoms with Gasteiger partial charge in [-0.15, -0.1) is 0 Å². The van der Waals surface area contributed by atoms with Crippen molar-refractivity contribution in [3.63, 3.8) is 0 Å². The van der Waals surface area contributed by atoms with Gasteiger partial charge in [0.2, 0.25) is 11.8 Å². The second kappa shape index (κ2) is 4.19. The van der Waals surface area contributed by atoms with Crippen LogP contribution in [-0.4, -0.2) is 39.3 Å². The molecule has 1 atom stereocenters. The summed E-state index contributed by atoms with van der Waals surface area (Å²) in [6.45, 7) is 4.51. The van der Waals surface area contributed by atoms with E-state index >= 15 is 0 Å². The number of nitrogens with two attached hydrogens (primary N) is 1. The first-order chi connectivity index (χ1) is 7.87. The molecule has 2 heterocycles. The lowest BCUT2D eigenvalue weighted by molar-refractivity contribution is -0.145. The van der Waals surface area contributed by atoms with Crippen LogP contribution in [0.3, 0.4) is 0 Å². The van der Waals surface area contributed by atoms with Crippen LogP contribution in [0.25, 0.3) is 0 Å². The third-order valence-corrected chi connectivity index (χ3v) is 4.97. The fraction of sp³-hybridized carbons (Fsp3) is 0.750. The maximum absolute atomic E-state index is 12.2. The molecule has 2 aliphatic rings. The van der Waals surface area contributed by atoms with Crippen LogP contribution in [0.5, 0.6) is 0 Å². The highest BCUT2D eigenvalue weighted by molar-refractivity contribution is 8.00. The monoisotopic (exact) mass is 254 g/mol. The highest BCUT2D eigenvalue weighted by atomic mass is 32.2. The molecule has 5 heteroatoms. The van der Waals surface area contributed by atoms with Gasteiger partial charge in [-0.05, 0) is 33.1 Å². The maximum atomic E-state index is 12.2. The standard InChI is InChI=1S/C12H18N2O2S/c1-11(2)7-9(15)14-6-4-3-5-12(14,8-17-11)10(13)16/h3-6,8H2,1-2H3,(H2,13,16). The van der Waals surface area contributed by atoms with Crippen LogP contribution in [0.4, 0.5) is 0 Å². The van der Waals surface area contributed by atoms with Crippen LogP contribution in [-0.2, 0) is 9.59 Å². The first-order valence-corrected chi connectivity index (χ1v) is 6.90. The molecular weight excluding hydrogens is 236 g/mol. The second-order valence-corrected chi connectivity index (χ2v) is 6.83. The van der Waals surface area contributed by atoms with Crippen LogP contribution in [0.1, 0.15) is 33.1 Å². The minimum atomic E-state index is -0.791. The van der Waals surface area contributed by atoms with Crippen LogP contribution in [0.2, 0.25) is 0 Å². The predicted molar refractivity (Wildman–Crippen MR) is 67.3 cm³/mol. The van der Waals surface area contributed by atoms with Gasteiger partial charge in [0, 0.05) is 17.0 Å². The third kappa shape index (κ3) is 2.17. The van der Waals surface area contributed by atoms with Crippen LogP contribution >= 0.6 is 11.8 Å². The number of carbonyl (C=O) groups excluding carboxylic acids is 2. The van der Waals surface area contributed by atoms with E-state index in [0.29, 0.717) is 18.7 Å². The molecule has 0 aromatic carbocycles. The van der Waals surface area contributed by atoms with E-state index in [2.05, 4.69) is 6.42 Å². The van der Waals surface area contributed by atoms with Gasteiger partial charge in [-0.3, -0.25) is 9.59 Å². The van der Waals surface area contributed by atoms with Crippen molar-refractivity contribution < 1.29 is 9.59 Å². The van der Waals surface area contributed by atoms with E-state index in [9.17, 15) is 9.59 Å². The van der Waals surface area contributed by atoms with Gasteiger partial charge in [0.15, 0.2) is 0 Å². The van der Waals surface area contributed by atoms with Crippen LogP contribution < -0.4 is 5.73 Å². The van der Waals surface area contributed by atoms with Gasteiger partial charge >= 0.3 is 0 Å². The SMILES string of the molecule is CC1(C)[C]C(=O)N2CCCCC2(C(N)=O)CS1. The van der Waals surface area contributed by atoms with Crippen molar-refractivity contribution in [2.45, 2.75) is 43.4 Å². The van der Waals surface area contributed by atoms with E-state index in [1.807, 2.05) is 13.8 Å². The molecule has 2 saturated heterocycles. The normalized spacial score (nSPS) is 32.8. The molecule has 2 fully saturated rings. The lowest BCUT2D eigenvalue weighted by atomic mass is 9.87. The summed E-state index contributed by atoms with van der Waals surface area (Å²) >= 11 is 1.58. The summed E-state index contributed by atoms with van der Waals surface area (Å²) in [6.07, 6.45) is 5.51. The maximum Gasteiger partial charge on any atom is 0.244 e. The lowest BCUT2D eigenvalue weighted by Crippen LogP contribution is -2.62. The van der Waals surface area contributed by atoms with Crippen molar-refractivity contribution in [1.29, 1.82) is 0 Å². The van der Waals surface area contributed by atoms with Gasteiger partial charge in [0.1, 0.15) is 5.54 Å². The molecule has 2 aliphatic heterocycles. The smallest absolute Gasteiger partial charge is 0.244 e. The number of thioether (sulfide) groups is 1. The van der Waals surface area contributed by atoms with Crippen molar-refractivity contribution in [3.8, 4) is 0 Å². The Balaban J connectivity index is 2.37. The number of amides is 2. The Kier molecular flexibility index (Phi) is 3.14. The summed E-state index contributed by atoms with van der Waals surface area (Å²) < 4.78 is -0.350. The largest absolute Gasteiger partial charge is 0.368 e. The summed E-state index contributed by atoms with van der Waals surface area (Å²) in [4.78, 5) is 25.6. The van der Waals surface area contributed by atoms with E-state index < -0.39 is 5.54 Å². The minimum Gasteiger partial charge on any atom is -0.368 e. The van der Waals surface area contributed by atoms with Gasteiger partial charge in [-0.1, -0.05) is 0 Å². The van der Waals surface area contributed by atoms with Gasteiger partial charge in [-0.2, -0.15) is 11.8 Å². The van der Waals surface area contributed by atoms with E-state index in [1.165, 1.54) is 0 Å². The summed E-state index contributed by atoms with van der Waals surface area (Å²) in [7, 11) is 0. The minimum absolute atomic E-state index is 0.168. The molecule has 2 amide bonds. The Morgan fingerprint density at radius 1 is 1.47 bits per heavy atom. The highest BCUT2D eigenvalue weighted by Crippen LogP contribution is 2.41. The molecule has 0 saturated carbocycles. The summed E-state index contributed by atoms with van der Waals surface area (Å²) in [5, 5.41) is 0. The van der Waals surface area contributed by atoms with Gasteiger partial charge in [0.25, 0.3) is 0 Å². The lowest BCUT2D eigenvalue weighted by Gasteiger charge is -2.43. The van der Waals surface area contributed by atoms with E-state index in [1.54, 1.807) is 16.7 Å². The van der Waals surface area contributed by atoms with E-state index in [0.717, 1.165) is 12.8 Å². The fourth-order valence-electron chi connectivity index (χ4n) is 2.47. The molecule has 0 aromatic heterocycles. The average Bonchev–Trinajstić information content (AvgIpc) is 2.35. The summed E-state index contributed by atoms with van der Waals surface area (Å²) in [5.41, 5.74) is 4.77. The third-order valence-electron chi connectivity index (χ3n) is 3.52. The Hall–Kier alpha value is -0.710. The van der Waals surface area contributed by atoms with Crippen LogP contribution in [0.15, 0.2) is 0 Å². The highest BCUT2D eigenvalue weighted by Gasteiger charge is 2.50. The molecule has 0 aliphatic carbocycles. The number of carbonyl (C=O) groups is 2. The number of hydrogen-bond donors (Lipinski definition) is 1. The number of piperidine rings is 1. The summed E-state index contributed by atoms with van der Waals surface area (Å²) in [5.74, 6) is 0.0321. The molecule has 2 rings (SSSR count). The van der Waals surface area contributed by atoms with Gasteiger partial charge < -0.3 is 10.6 Å². The Morgan fingerprint density at radius 2 is 2.18 bits per heavy atom. The molecular formula is C12H18N2O2S. The zero-order chi connectivity index (χ0) is 12.7. The molecule has 94 valence electrons. The average molecular weight is 254 g/mol. The molecule has 2 radical (unpaired) electrons. The molecule has 4 nitrogen and oxygen atoms in total. The molecule has 0 aromatic rings. The fourth-order valence-corrected chi connectivity index (χ4v) is 3.67. The summed E-state index contributed by atoms with van der Waals surface area (Å²) in [6, 6.07) is 0. The van der Waals surface area contributed by atoms with Gasteiger partial charge in [-0.25, -0.2) is 0 Å². The molecule has 0 bridgehead atoms. The molecule has 1 unspecified atom stereocenters. The zero-order valence-corrected chi connectivity index (χ0v) is 11.1. The first kappa shape index (κ1) is 12.7. The predicted octanol–water partition coefficient (Wildman–Crippen LogP) is 0.830. The zero-order valence-electron chi connectivity index (χ0n) is 10.3. The van der Waals surface area contributed by atoms with Crippen molar-refractivity contribution in [1.82, 2.24) is 4.90 Å². The number of primary amides is 1. The first-order valence-electron chi connectivity index (χ1n) is 5.91. The van der Waals surface area contributed by atoms with Crippen molar-refractivity contribution in [2.75, 3.05) is 12.3 Å². The molecule has 17 heavy (non-hydrogen) atoms. The Labute approximate surface area is 106 Å². The van der Waals surface area contributed by atoms with E-state index in [-0.39, 0.29) is 16.6 Å². The van der Waals surface area contributed by atoms with Crippen LogP contribution in [0, 0.1) is 6.42 Å². The van der Waals surface area contributed by atoms with Crippen molar-refractivity contribution in [2.24, 2.45) is 5.73 Å². The Bertz CT molecular complexity index is 356. The van der Waals surface area contributed by atoms with E-state index in [4.69, 9.17) is 5.73 Å². The number of rotatable bonds is 1. The number of hydrogen-bond acceptors (Lipinski definition) is 3. The second-order valence-electron chi connectivity index (χ2n) is 5.23.